The fourth-order valence-corrected chi connectivity index (χ4v) is 2.16. The second-order valence-corrected chi connectivity index (χ2v) is 4.72. The summed E-state index contributed by atoms with van der Waals surface area (Å²) in [6.45, 7) is 10.6. The zero-order valence-corrected chi connectivity index (χ0v) is 11.1. The second-order valence-electron chi connectivity index (χ2n) is 4.72. The molecule has 2 atom stereocenters. The SMILES string of the molecule is CCC(C)CC(NN)c1c(C)oc(C)c1C. The summed E-state index contributed by atoms with van der Waals surface area (Å²) in [6.07, 6.45) is 2.22. The van der Waals surface area contributed by atoms with Crippen molar-refractivity contribution in [1.82, 2.24) is 5.43 Å². The zero-order chi connectivity index (χ0) is 12.3. The van der Waals surface area contributed by atoms with Crippen LogP contribution in [0.4, 0.5) is 0 Å². The van der Waals surface area contributed by atoms with Gasteiger partial charge in [-0.15, -0.1) is 0 Å². The Hall–Kier alpha value is -0.800. The number of nitrogens with two attached hydrogens (primary N) is 1. The molecule has 92 valence electrons. The van der Waals surface area contributed by atoms with Gasteiger partial charge in [0.15, 0.2) is 0 Å². The van der Waals surface area contributed by atoms with E-state index in [1.807, 2.05) is 13.8 Å². The molecule has 1 heterocycles. The summed E-state index contributed by atoms with van der Waals surface area (Å²) in [7, 11) is 0. The molecule has 0 aliphatic heterocycles. The van der Waals surface area contributed by atoms with Gasteiger partial charge < -0.3 is 4.42 Å². The minimum atomic E-state index is 0.201. The number of hydrazine groups is 1. The number of nitrogens with one attached hydrogen (secondary N) is 1. The van der Waals surface area contributed by atoms with Crippen LogP contribution >= 0.6 is 0 Å². The van der Waals surface area contributed by atoms with Crippen LogP contribution in [0.25, 0.3) is 0 Å². The second kappa shape index (κ2) is 5.51. The highest BCUT2D eigenvalue weighted by Gasteiger charge is 2.21. The lowest BCUT2D eigenvalue weighted by atomic mass is 9.92. The molecule has 0 fully saturated rings. The topological polar surface area (TPSA) is 51.2 Å². The monoisotopic (exact) mass is 224 g/mol. The maximum atomic E-state index is 5.66. The highest BCUT2D eigenvalue weighted by Crippen LogP contribution is 2.30. The van der Waals surface area contributed by atoms with Crippen molar-refractivity contribution in [2.75, 3.05) is 0 Å². The Morgan fingerprint density at radius 1 is 1.25 bits per heavy atom. The zero-order valence-electron chi connectivity index (χ0n) is 11.1. The van der Waals surface area contributed by atoms with Crippen LogP contribution in [0.15, 0.2) is 4.42 Å². The molecule has 0 bridgehead atoms. The molecule has 0 amide bonds. The molecule has 0 saturated carbocycles. The maximum absolute atomic E-state index is 5.66. The van der Waals surface area contributed by atoms with Gasteiger partial charge >= 0.3 is 0 Å². The first kappa shape index (κ1) is 13.3. The summed E-state index contributed by atoms with van der Waals surface area (Å²) in [4.78, 5) is 0. The van der Waals surface area contributed by atoms with Gasteiger partial charge in [0, 0.05) is 11.6 Å². The molecule has 16 heavy (non-hydrogen) atoms. The molecule has 1 aromatic rings. The Morgan fingerprint density at radius 2 is 1.88 bits per heavy atom. The summed E-state index contributed by atoms with van der Waals surface area (Å²) >= 11 is 0. The molecule has 1 aromatic heterocycles. The van der Waals surface area contributed by atoms with E-state index in [-0.39, 0.29) is 6.04 Å². The molecule has 0 aromatic carbocycles. The van der Waals surface area contributed by atoms with Gasteiger partial charge in [-0.3, -0.25) is 11.3 Å². The lowest BCUT2D eigenvalue weighted by molar-refractivity contribution is 0.400. The molecular formula is C13H24N2O. The van der Waals surface area contributed by atoms with E-state index in [0.717, 1.165) is 17.9 Å². The lowest BCUT2D eigenvalue weighted by Crippen LogP contribution is -2.30. The van der Waals surface area contributed by atoms with E-state index in [9.17, 15) is 0 Å². The van der Waals surface area contributed by atoms with Gasteiger partial charge in [-0.1, -0.05) is 20.3 Å². The Morgan fingerprint density at radius 3 is 2.25 bits per heavy atom. The molecule has 3 heteroatoms. The molecule has 0 aliphatic rings. The highest BCUT2D eigenvalue weighted by molar-refractivity contribution is 5.34. The van der Waals surface area contributed by atoms with Crippen LogP contribution in [0.3, 0.4) is 0 Å². The van der Waals surface area contributed by atoms with Gasteiger partial charge in [0.05, 0.1) is 0 Å². The Labute approximate surface area is 98.4 Å². The fraction of sp³-hybridized carbons (Fsp3) is 0.692. The summed E-state index contributed by atoms with van der Waals surface area (Å²) in [5.74, 6) is 8.31. The van der Waals surface area contributed by atoms with Crippen LogP contribution in [-0.2, 0) is 0 Å². The number of rotatable bonds is 5. The first-order valence-corrected chi connectivity index (χ1v) is 6.03. The van der Waals surface area contributed by atoms with Gasteiger partial charge in [0.25, 0.3) is 0 Å². The van der Waals surface area contributed by atoms with Crippen molar-refractivity contribution in [3.63, 3.8) is 0 Å². The molecule has 1 rings (SSSR count). The van der Waals surface area contributed by atoms with Gasteiger partial charge in [-0.2, -0.15) is 0 Å². The van der Waals surface area contributed by atoms with E-state index in [1.165, 1.54) is 17.5 Å². The van der Waals surface area contributed by atoms with E-state index >= 15 is 0 Å². The third-order valence-corrected chi connectivity index (χ3v) is 3.50. The smallest absolute Gasteiger partial charge is 0.106 e. The van der Waals surface area contributed by atoms with E-state index in [1.54, 1.807) is 0 Å². The van der Waals surface area contributed by atoms with Crippen LogP contribution < -0.4 is 11.3 Å². The van der Waals surface area contributed by atoms with Gasteiger partial charge in [0.2, 0.25) is 0 Å². The minimum Gasteiger partial charge on any atom is -0.466 e. The molecule has 0 radical (unpaired) electrons. The number of hydrogen-bond acceptors (Lipinski definition) is 3. The standard InChI is InChI=1S/C13H24N2O/c1-6-8(2)7-12(15-14)13-9(3)10(4)16-11(13)5/h8,12,15H,6-7,14H2,1-5H3. The van der Waals surface area contributed by atoms with Crippen molar-refractivity contribution < 1.29 is 4.42 Å². The maximum Gasteiger partial charge on any atom is 0.106 e. The summed E-state index contributed by atoms with van der Waals surface area (Å²) in [5, 5.41) is 0. The van der Waals surface area contributed by atoms with Crippen molar-refractivity contribution in [2.24, 2.45) is 11.8 Å². The van der Waals surface area contributed by atoms with Crippen molar-refractivity contribution in [3.05, 3.63) is 22.6 Å². The largest absolute Gasteiger partial charge is 0.466 e. The molecular weight excluding hydrogens is 200 g/mol. The Balaban J connectivity index is 2.94. The van der Waals surface area contributed by atoms with Gasteiger partial charge in [-0.25, -0.2) is 0 Å². The highest BCUT2D eigenvalue weighted by atomic mass is 16.3. The van der Waals surface area contributed by atoms with Gasteiger partial charge in [0.1, 0.15) is 11.5 Å². The molecule has 2 unspecified atom stereocenters. The van der Waals surface area contributed by atoms with E-state index < -0.39 is 0 Å². The van der Waals surface area contributed by atoms with Crippen LogP contribution in [0.1, 0.15) is 55.4 Å². The minimum absolute atomic E-state index is 0.201. The predicted octanol–water partition coefficient (Wildman–Crippen LogP) is 3.15. The normalized spacial score (nSPS) is 15.1. The molecule has 3 nitrogen and oxygen atoms in total. The summed E-state index contributed by atoms with van der Waals surface area (Å²) < 4.78 is 5.65. The Bertz CT molecular complexity index is 344. The molecule has 3 N–H and O–H groups in total. The molecule has 0 saturated heterocycles. The van der Waals surface area contributed by atoms with Gasteiger partial charge in [-0.05, 0) is 38.7 Å². The molecule has 0 spiro atoms. The molecule has 0 aliphatic carbocycles. The lowest BCUT2D eigenvalue weighted by Gasteiger charge is -2.20. The number of furan rings is 1. The van der Waals surface area contributed by atoms with Crippen LogP contribution in [0.2, 0.25) is 0 Å². The number of hydrogen-bond donors (Lipinski definition) is 2. The van der Waals surface area contributed by atoms with E-state index in [2.05, 4.69) is 26.2 Å². The van der Waals surface area contributed by atoms with Crippen molar-refractivity contribution >= 4 is 0 Å². The predicted molar refractivity (Wildman–Crippen MR) is 67.1 cm³/mol. The summed E-state index contributed by atoms with van der Waals surface area (Å²) in [6, 6.07) is 0.201. The third kappa shape index (κ3) is 2.66. The van der Waals surface area contributed by atoms with Crippen molar-refractivity contribution in [1.29, 1.82) is 0 Å². The van der Waals surface area contributed by atoms with E-state index in [4.69, 9.17) is 10.3 Å². The fourth-order valence-electron chi connectivity index (χ4n) is 2.16. The van der Waals surface area contributed by atoms with Crippen LogP contribution in [0.5, 0.6) is 0 Å². The van der Waals surface area contributed by atoms with Crippen molar-refractivity contribution in [3.8, 4) is 0 Å². The van der Waals surface area contributed by atoms with E-state index in [0.29, 0.717) is 5.92 Å². The van der Waals surface area contributed by atoms with Crippen LogP contribution in [0, 0.1) is 26.7 Å². The first-order valence-electron chi connectivity index (χ1n) is 6.03. The van der Waals surface area contributed by atoms with Crippen LogP contribution in [-0.4, -0.2) is 0 Å². The van der Waals surface area contributed by atoms with Crippen molar-refractivity contribution in [2.45, 2.75) is 53.5 Å². The number of aryl methyl sites for hydroxylation is 2. The first-order chi connectivity index (χ1) is 7.51. The average Bonchev–Trinajstić information content (AvgIpc) is 2.50. The average molecular weight is 224 g/mol. The quantitative estimate of drug-likeness (QED) is 0.596. The Kier molecular flexibility index (Phi) is 4.56. The summed E-state index contributed by atoms with van der Waals surface area (Å²) in [5.41, 5.74) is 5.38. The third-order valence-electron chi connectivity index (χ3n) is 3.50.